The number of carbonyl (C=O) groups excluding carboxylic acids is 2. The monoisotopic (exact) mass is 377 g/mol. The van der Waals surface area contributed by atoms with Gasteiger partial charge in [-0.05, 0) is 23.6 Å². The quantitative estimate of drug-likeness (QED) is 0.782. The third kappa shape index (κ3) is 4.66. The van der Waals surface area contributed by atoms with Gasteiger partial charge in [-0.2, -0.15) is 0 Å². The first-order valence-corrected chi connectivity index (χ1v) is 9.22. The van der Waals surface area contributed by atoms with Crippen molar-refractivity contribution in [2.24, 2.45) is 0 Å². The van der Waals surface area contributed by atoms with Gasteiger partial charge in [-0.3, -0.25) is 14.5 Å². The van der Waals surface area contributed by atoms with E-state index >= 15 is 0 Å². The minimum atomic E-state index is -0.887. The van der Waals surface area contributed by atoms with Gasteiger partial charge in [0.1, 0.15) is 5.82 Å². The number of amides is 2. The molecule has 0 radical (unpaired) electrons. The number of nitrogens with zero attached hydrogens (tertiary/aromatic N) is 1. The van der Waals surface area contributed by atoms with E-state index in [1.54, 1.807) is 17.4 Å². The maximum atomic E-state index is 13.6. The van der Waals surface area contributed by atoms with E-state index in [1.165, 1.54) is 18.2 Å². The van der Waals surface area contributed by atoms with Crippen molar-refractivity contribution in [3.8, 4) is 0 Å². The molecular formula is C18H20FN3O3S. The topological polar surface area (TPSA) is 70.7 Å². The highest BCUT2D eigenvalue weighted by Gasteiger charge is 2.25. The van der Waals surface area contributed by atoms with Gasteiger partial charge < -0.3 is 15.4 Å². The summed E-state index contributed by atoms with van der Waals surface area (Å²) in [7, 11) is 0. The number of carbonyl (C=O) groups is 2. The number of hydrogen-bond donors (Lipinski definition) is 2. The molecular weight excluding hydrogens is 357 g/mol. The number of morpholine rings is 1. The largest absolute Gasteiger partial charge is 0.379 e. The summed E-state index contributed by atoms with van der Waals surface area (Å²) in [5.41, 5.74) is -0.0179. The van der Waals surface area contributed by atoms with Crippen LogP contribution in [-0.2, 0) is 14.3 Å². The molecule has 0 bridgehead atoms. The molecule has 3 rings (SSSR count). The van der Waals surface area contributed by atoms with Crippen molar-refractivity contribution >= 4 is 28.8 Å². The number of nitrogens with one attached hydrogen (secondary N) is 2. The van der Waals surface area contributed by atoms with Crippen molar-refractivity contribution < 1.29 is 18.7 Å². The third-order valence-corrected chi connectivity index (χ3v) is 5.12. The minimum absolute atomic E-state index is 0.0179. The maximum absolute atomic E-state index is 13.6. The fourth-order valence-corrected chi connectivity index (χ4v) is 3.65. The number of halogens is 1. The molecule has 0 spiro atoms. The Balaban J connectivity index is 1.60. The second kappa shape index (κ2) is 8.88. The summed E-state index contributed by atoms with van der Waals surface area (Å²) >= 11 is 1.61. The molecule has 1 saturated heterocycles. The highest BCUT2D eigenvalue weighted by molar-refractivity contribution is 7.10. The Morgan fingerprint density at radius 3 is 2.62 bits per heavy atom. The van der Waals surface area contributed by atoms with Crippen molar-refractivity contribution in [2.45, 2.75) is 6.04 Å². The highest BCUT2D eigenvalue weighted by atomic mass is 32.1. The number of hydrogen-bond acceptors (Lipinski definition) is 5. The SMILES string of the molecule is O=C(NCC(c1cccs1)N1CCOCC1)C(=O)Nc1ccccc1F. The van der Waals surface area contributed by atoms with Crippen LogP contribution in [-0.4, -0.2) is 49.6 Å². The lowest BCUT2D eigenvalue weighted by atomic mass is 10.2. The first-order chi connectivity index (χ1) is 12.6. The predicted octanol–water partition coefficient (Wildman–Crippen LogP) is 2.02. The molecule has 0 aliphatic carbocycles. The fourth-order valence-electron chi connectivity index (χ4n) is 2.79. The molecule has 1 aliphatic rings. The van der Waals surface area contributed by atoms with Crippen LogP contribution >= 0.6 is 11.3 Å². The van der Waals surface area contributed by atoms with E-state index in [1.807, 2.05) is 17.5 Å². The number of thiophene rings is 1. The van der Waals surface area contributed by atoms with Crippen LogP contribution in [0, 0.1) is 5.82 Å². The Bertz CT molecular complexity index is 748. The molecule has 138 valence electrons. The molecule has 1 atom stereocenters. The molecule has 26 heavy (non-hydrogen) atoms. The molecule has 2 N–H and O–H groups in total. The second-order valence-electron chi connectivity index (χ2n) is 5.82. The smallest absolute Gasteiger partial charge is 0.313 e. The Morgan fingerprint density at radius 1 is 1.15 bits per heavy atom. The van der Waals surface area contributed by atoms with Crippen molar-refractivity contribution in [1.82, 2.24) is 10.2 Å². The Kier molecular flexibility index (Phi) is 6.32. The standard InChI is InChI=1S/C18H20FN3O3S/c19-13-4-1-2-5-14(13)21-18(24)17(23)20-12-15(16-6-3-11-26-16)22-7-9-25-10-8-22/h1-6,11,15H,7-10,12H2,(H,20,23)(H,21,24). The number of benzene rings is 1. The van der Waals surface area contributed by atoms with Crippen LogP contribution in [0.5, 0.6) is 0 Å². The Hall–Kier alpha value is -2.29. The highest BCUT2D eigenvalue weighted by Crippen LogP contribution is 2.25. The van der Waals surface area contributed by atoms with E-state index in [-0.39, 0.29) is 11.7 Å². The zero-order valence-corrected chi connectivity index (χ0v) is 14.9. The number of anilines is 1. The van der Waals surface area contributed by atoms with Gasteiger partial charge in [-0.25, -0.2) is 4.39 Å². The lowest BCUT2D eigenvalue weighted by molar-refractivity contribution is -0.136. The van der Waals surface area contributed by atoms with Crippen LogP contribution in [0.25, 0.3) is 0 Å². The van der Waals surface area contributed by atoms with Crippen molar-refractivity contribution in [1.29, 1.82) is 0 Å². The fraction of sp³-hybridized carbons (Fsp3) is 0.333. The lowest BCUT2D eigenvalue weighted by Gasteiger charge is -2.34. The van der Waals surface area contributed by atoms with Crippen LogP contribution < -0.4 is 10.6 Å². The van der Waals surface area contributed by atoms with Gasteiger partial charge in [-0.15, -0.1) is 11.3 Å². The molecule has 2 aromatic rings. The summed E-state index contributed by atoms with van der Waals surface area (Å²) < 4.78 is 19.0. The average Bonchev–Trinajstić information content (AvgIpc) is 3.19. The molecule has 0 saturated carbocycles. The number of rotatable bonds is 5. The van der Waals surface area contributed by atoms with E-state index in [0.29, 0.717) is 19.8 Å². The summed E-state index contributed by atoms with van der Waals surface area (Å²) in [5.74, 6) is -2.26. The molecule has 1 unspecified atom stereocenters. The first-order valence-electron chi connectivity index (χ1n) is 8.34. The third-order valence-electron chi connectivity index (χ3n) is 4.14. The number of ether oxygens (including phenoxy) is 1. The van der Waals surface area contributed by atoms with Crippen LogP contribution in [0.15, 0.2) is 41.8 Å². The van der Waals surface area contributed by atoms with E-state index < -0.39 is 17.6 Å². The lowest BCUT2D eigenvalue weighted by Crippen LogP contribution is -2.45. The van der Waals surface area contributed by atoms with Crippen LogP contribution in [0.3, 0.4) is 0 Å². The van der Waals surface area contributed by atoms with Crippen molar-refractivity contribution in [3.63, 3.8) is 0 Å². The van der Waals surface area contributed by atoms with E-state index in [0.717, 1.165) is 18.0 Å². The van der Waals surface area contributed by atoms with Gasteiger partial charge in [0.15, 0.2) is 0 Å². The minimum Gasteiger partial charge on any atom is -0.379 e. The Morgan fingerprint density at radius 2 is 1.92 bits per heavy atom. The molecule has 8 heteroatoms. The molecule has 1 aromatic carbocycles. The summed E-state index contributed by atoms with van der Waals surface area (Å²) in [4.78, 5) is 27.5. The average molecular weight is 377 g/mol. The second-order valence-corrected chi connectivity index (χ2v) is 6.80. The number of para-hydroxylation sites is 1. The van der Waals surface area contributed by atoms with Gasteiger partial charge in [0.05, 0.1) is 24.9 Å². The summed E-state index contributed by atoms with van der Waals surface area (Å²) in [6.07, 6.45) is 0. The molecule has 1 aliphatic heterocycles. The van der Waals surface area contributed by atoms with Gasteiger partial charge in [-0.1, -0.05) is 18.2 Å². The molecule has 1 fully saturated rings. The Labute approximate surface area is 155 Å². The van der Waals surface area contributed by atoms with Crippen molar-refractivity contribution in [2.75, 3.05) is 38.2 Å². The van der Waals surface area contributed by atoms with Gasteiger partial charge in [0, 0.05) is 24.5 Å². The van der Waals surface area contributed by atoms with E-state index in [2.05, 4.69) is 15.5 Å². The van der Waals surface area contributed by atoms with Gasteiger partial charge >= 0.3 is 11.8 Å². The molecule has 2 amide bonds. The summed E-state index contributed by atoms with van der Waals surface area (Å²) in [5, 5.41) is 6.93. The van der Waals surface area contributed by atoms with Crippen LogP contribution in [0.2, 0.25) is 0 Å². The first kappa shape index (κ1) is 18.5. The zero-order valence-electron chi connectivity index (χ0n) is 14.1. The van der Waals surface area contributed by atoms with Gasteiger partial charge in [0.2, 0.25) is 0 Å². The van der Waals surface area contributed by atoms with Crippen LogP contribution in [0.4, 0.5) is 10.1 Å². The maximum Gasteiger partial charge on any atom is 0.313 e. The normalized spacial score (nSPS) is 16.0. The van der Waals surface area contributed by atoms with Crippen LogP contribution in [0.1, 0.15) is 10.9 Å². The summed E-state index contributed by atoms with van der Waals surface area (Å²) in [6.45, 7) is 3.11. The van der Waals surface area contributed by atoms with Crippen molar-refractivity contribution in [3.05, 3.63) is 52.5 Å². The molecule has 6 nitrogen and oxygen atoms in total. The zero-order chi connectivity index (χ0) is 18.4. The van der Waals surface area contributed by atoms with E-state index in [4.69, 9.17) is 4.74 Å². The molecule has 2 heterocycles. The molecule has 1 aromatic heterocycles. The van der Waals surface area contributed by atoms with E-state index in [9.17, 15) is 14.0 Å². The predicted molar refractivity (Wildman–Crippen MR) is 97.5 cm³/mol. The summed E-state index contributed by atoms with van der Waals surface area (Å²) in [6, 6.07) is 9.67. The van der Waals surface area contributed by atoms with Gasteiger partial charge in [0.25, 0.3) is 0 Å².